The molecule has 7 nitrogen and oxygen atoms in total. The molecule has 0 bridgehead atoms. The van der Waals surface area contributed by atoms with Crippen LogP contribution in [0.5, 0.6) is 0 Å². The van der Waals surface area contributed by atoms with E-state index in [1.54, 1.807) is 12.1 Å². The van der Waals surface area contributed by atoms with Crippen molar-refractivity contribution in [3.63, 3.8) is 0 Å². The fraction of sp³-hybridized carbons (Fsp3) is 0.320. The third kappa shape index (κ3) is 6.52. The average molecular weight is 499 g/mol. The normalized spacial score (nSPS) is 16.3. The van der Waals surface area contributed by atoms with E-state index in [-0.39, 0.29) is 23.4 Å². The summed E-state index contributed by atoms with van der Waals surface area (Å²) < 4.78 is 28.2. The minimum absolute atomic E-state index is 0.0760. The van der Waals surface area contributed by atoms with Crippen molar-refractivity contribution in [1.29, 1.82) is 0 Å². The van der Waals surface area contributed by atoms with E-state index in [9.17, 15) is 13.2 Å². The predicted molar refractivity (Wildman–Crippen MR) is 135 cm³/mol. The van der Waals surface area contributed by atoms with Gasteiger partial charge >= 0.3 is 0 Å². The monoisotopic (exact) mass is 498 g/mol. The van der Waals surface area contributed by atoms with Gasteiger partial charge in [-0.25, -0.2) is 13.1 Å². The van der Waals surface area contributed by atoms with Crippen molar-refractivity contribution < 1.29 is 13.2 Å². The van der Waals surface area contributed by atoms with Crippen molar-refractivity contribution >= 4 is 27.3 Å². The van der Waals surface area contributed by atoms with Crippen LogP contribution in [-0.2, 0) is 16.6 Å². The van der Waals surface area contributed by atoms with Crippen LogP contribution in [0.25, 0.3) is 0 Å². The maximum Gasteiger partial charge on any atom is 0.251 e. The molecule has 1 amide bonds. The van der Waals surface area contributed by atoms with Gasteiger partial charge in [-0.3, -0.25) is 9.69 Å². The standard InChI is InChI=1S/C25H30N4O3S2/c1-28-12-14-29(15-13-28)19-24(20-7-3-2-4-8-20)27-25(30)21-9-5-11-23(17-21)34(31,32)26-18-22-10-6-16-33-22/h2-11,16-17,24,26H,12-15,18-19H2,1H3,(H,27,30). The van der Waals surface area contributed by atoms with Gasteiger partial charge in [-0.05, 0) is 42.3 Å². The number of carbonyl (C=O) groups is 1. The molecule has 1 aromatic heterocycles. The molecule has 3 aromatic rings. The third-order valence-electron chi connectivity index (χ3n) is 5.97. The number of nitrogens with zero attached hydrogens (tertiary/aromatic N) is 2. The van der Waals surface area contributed by atoms with Crippen LogP contribution in [0.15, 0.2) is 77.0 Å². The van der Waals surface area contributed by atoms with E-state index >= 15 is 0 Å². The molecule has 1 aliphatic heterocycles. The van der Waals surface area contributed by atoms with Crippen LogP contribution in [0, 0.1) is 0 Å². The van der Waals surface area contributed by atoms with Gasteiger partial charge in [0.25, 0.3) is 5.91 Å². The van der Waals surface area contributed by atoms with Gasteiger partial charge in [0.05, 0.1) is 10.9 Å². The molecule has 0 saturated carbocycles. The molecule has 4 rings (SSSR count). The van der Waals surface area contributed by atoms with Crippen LogP contribution in [0.4, 0.5) is 0 Å². The molecule has 0 spiro atoms. The minimum atomic E-state index is -3.74. The van der Waals surface area contributed by atoms with Crippen molar-refractivity contribution in [1.82, 2.24) is 19.8 Å². The zero-order chi connectivity index (χ0) is 24.0. The highest BCUT2D eigenvalue weighted by molar-refractivity contribution is 7.89. The molecular weight excluding hydrogens is 468 g/mol. The summed E-state index contributed by atoms with van der Waals surface area (Å²) in [5, 5.41) is 5.04. The SMILES string of the molecule is CN1CCN(CC(NC(=O)c2cccc(S(=O)(=O)NCc3cccs3)c2)c2ccccc2)CC1. The first kappa shape index (κ1) is 24.6. The van der Waals surface area contributed by atoms with Crippen LogP contribution in [0.2, 0.25) is 0 Å². The quantitative estimate of drug-likeness (QED) is 0.474. The Morgan fingerprint density at radius 3 is 2.47 bits per heavy atom. The molecule has 1 unspecified atom stereocenters. The molecule has 1 fully saturated rings. The lowest BCUT2D eigenvalue weighted by Gasteiger charge is -2.35. The first-order chi connectivity index (χ1) is 16.4. The molecule has 2 N–H and O–H groups in total. The number of nitrogens with one attached hydrogen (secondary N) is 2. The summed E-state index contributed by atoms with van der Waals surface area (Å²) in [7, 11) is -1.62. The highest BCUT2D eigenvalue weighted by Gasteiger charge is 2.23. The predicted octanol–water partition coefficient (Wildman–Crippen LogP) is 2.95. The Labute approximate surface area is 205 Å². The van der Waals surface area contributed by atoms with Crippen molar-refractivity contribution in [3.8, 4) is 0 Å². The number of benzene rings is 2. The Bertz CT molecular complexity index is 1180. The van der Waals surface area contributed by atoms with Crippen LogP contribution < -0.4 is 10.0 Å². The first-order valence-corrected chi connectivity index (χ1v) is 13.7. The molecule has 1 aliphatic rings. The summed E-state index contributed by atoms with van der Waals surface area (Å²) in [5.74, 6) is -0.293. The second-order valence-electron chi connectivity index (χ2n) is 8.47. The number of piperazine rings is 1. The van der Waals surface area contributed by atoms with E-state index in [4.69, 9.17) is 0 Å². The lowest BCUT2D eigenvalue weighted by atomic mass is 10.0. The van der Waals surface area contributed by atoms with E-state index in [0.717, 1.165) is 36.6 Å². The van der Waals surface area contributed by atoms with Gasteiger partial charge in [0, 0.05) is 49.7 Å². The summed E-state index contributed by atoms with van der Waals surface area (Å²) in [5.41, 5.74) is 1.34. The van der Waals surface area contributed by atoms with E-state index in [2.05, 4.69) is 26.9 Å². The Kier molecular flexibility index (Phi) is 8.12. The van der Waals surface area contributed by atoms with Crippen molar-refractivity contribution in [2.45, 2.75) is 17.5 Å². The highest BCUT2D eigenvalue weighted by atomic mass is 32.2. The van der Waals surface area contributed by atoms with Gasteiger partial charge in [-0.2, -0.15) is 0 Å². The van der Waals surface area contributed by atoms with Crippen molar-refractivity contribution in [2.24, 2.45) is 0 Å². The van der Waals surface area contributed by atoms with Crippen LogP contribution in [0.1, 0.15) is 26.8 Å². The summed E-state index contributed by atoms with van der Waals surface area (Å²) in [6, 6.07) is 19.6. The fourth-order valence-electron chi connectivity index (χ4n) is 3.92. The van der Waals surface area contributed by atoms with Gasteiger partial charge in [-0.1, -0.05) is 42.5 Å². The molecule has 0 aliphatic carbocycles. The van der Waals surface area contributed by atoms with Crippen molar-refractivity contribution in [2.75, 3.05) is 39.8 Å². The number of thiophene rings is 1. The van der Waals surface area contributed by atoms with Crippen molar-refractivity contribution in [3.05, 3.63) is 88.1 Å². The average Bonchev–Trinajstić information content (AvgIpc) is 3.38. The van der Waals surface area contributed by atoms with Gasteiger partial charge in [0.1, 0.15) is 0 Å². The molecular formula is C25H30N4O3S2. The van der Waals surface area contributed by atoms with Crippen LogP contribution >= 0.6 is 11.3 Å². The lowest BCUT2D eigenvalue weighted by Crippen LogP contribution is -2.47. The number of hydrogen-bond donors (Lipinski definition) is 2. The van der Waals surface area contributed by atoms with Crippen LogP contribution in [-0.4, -0.2) is 63.9 Å². The molecule has 2 aromatic carbocycles. The lowest BCUT2D eigenvalue weighted by molar-refractivity contribution is 0.0907. The minimum Gasteiger partial charge on any atom is -0.344 e. The van der Waals surface area contributed by atoms with Gasteiger partial charge in [0.2, 0.25) is 10.0 Å². The molecule has 0 radical (unpaired) electrons. The number of amides is 1. The second kappa shape index (κ2) is 11.2. The topological polar surface area (TPSA) is 81.8 Å². The first-order valence-electron chi connectivity index (χ1n) is 11.3. The molecule has 1 saturated heterocycles. The molecule has 180 valence electrons. The van der Waals surface area contributed by atoms with E-state index in [0.29, 0.717) is 12.1 Å². The third-order valence-corrected chi connectivity index (χ3v) is 8.24. The summed E-state index contributed by atoms with van der Waals surface area (Å²) >= 11 is 1.49. The molecule has 2 heterocycles. The molecule has 9 heteroatoms. The maximum atomic E-state index is 13.2. The molecule has 34 heavy (non-hydrogen) atoms. The number of sulfonamides is 1. The zero-order valence-corrected chi connectivity index (χ0v) is 20.8. The van der Waals surface area contributed by atoms with Gasteiger partial charge in [-0.15, -0.1) is 11.3 Å². The van der Waals surface area contributed by atoms with E-state index < -0.39 is 10.0 Å². The summed E-state index contributed by atoms with van der Waals surface area (Å²) in [4.78, 5) is 18.8. The number of rotatable bonds is 9. The Balaban J connectivity index is 1.48. The van der Waals surface area contributed by atoms with Gasteiger partial charge in [0.15, 0.2) is 0 Å². The zero-order valence-electron chi connectivity index (χ0n) is 19.2. The summed E-state index contributed by atoms with van der Waals surface area (Å²) in [6.45, 7) is 4.79. The largest absolute Gasteiger partial charge is 0.344 e. The smallest absolute Gasteiger partial charge is 0.251 e. The van der Waals surface area contributed by atoms with E-state index in [1.165, 1.54) is 23.5 Å². The molecule has 1 atom stereocenters. The number of carbonyl (C=O) groups excluding carboxylic acids is 1. The maximum absolute atomic E-state index is 13.2. The second-order valence-corrected chi connectivity index (χ2v) is 11.3. The fourth-order valence-corrected chi connectivity index (χ4v) is 5.71. The van der Waals surface area contributed by atoms with Gasteiger partial charge < -0.3 is 10.2 Å². The number of likely N-dealkylation sites (N-methyl/N-ethyl adjacent to an activating group) is 1. The summed E-state index contributed by atoms with van der Waals surface area (Å²) in [6.07, 6.45) is 0. The van der Waals surface area contributed by atoms with Crippen LogP contribution in [0.3, 0.4) is 0 Å². The Morgan fingerprint density at radius 1 is 1.00 bits per heavy atom. The number of hydrogen-bond acceptors (Lipinski definition) is 6. The Morgan fingerprint density at radius 2 is 1.76 bits per heavy atom. The van der Waals surface area contributed by atoms with E-state index in [1.807, 2.05) is 47.8 Å². The Hall–Kier alpha value is -2.56. The highest BCUT2D eigenvalue weighted by Crippen LogP contribution is 2.18.